The molecule has 78 valence electrons. The van der Waals surface area contributed by atoms with Crippen LogP contribution >= 0.6 is 0 Å². The minimum Gasteiger partial charge on any atom is -0.481 e. The van der Waals surface area contributed by atoms with Crippen molar-refractivity contribution in [3.63, 3.8) is 0 Å². The van der Waals surface area contributed by atoms with Gasteiger partial charge in [0.25, 0.3) is 5.91 Å². The quantitative estimate of drug-likeness (QED) is 0.705. The Kier molecular flexibility index (Phi) is 1.73. The average Bonchev–Trinajstić information content (AvgIpc) is 2.98. The summed E-state index contributed by atoms with van der Waals surface area (Å²) >= 11 is 0. The van der Waals surface area contributed by atoms with Crippen molar-refractivity contribution in [1.29, 1.82) is 0 Å². The molecule has 2 aliphatic rings. The third-order valence-electron chi connectivity index (χ3n) is 2.56. The number of benzene rings is 1. The minimum atomic E-state index is -0.101. The zero-order valence-electron chi connectivity index (χ0n) is 8.37. The fourth-order valence-corrected chi connectivity index (χ4v) is 1.85. The van der Waals surface area contributed by atoms with E-state index < -0.39 is 0 Å². The molecule has 2 aliphatic heterocycles. The lowest BCUT2D eigenvalue weighted by molar-refractivity contribution is -0.118. The van der Waals surface area contributed by atoms with Crippen LogP contribution in [0.2, 0.25) is 0 Å². The van der Waals surface area contributed by atoms with Crippen molar-refractivity contribution in [3.8, 4) is 5.75 Å². The van der Waals surface area contributed by atoms with E-state index in [9.17, 15) is 4.79 Å². The molecule has 2 heterocycles. The molecule has 1 aromatic carbocycles. The molecule has 1 atom stereocenters. The number of anilines is 1. The third-order valence-corrected chi connectivity index (χ3v) is 2.56. The monoisotopic (exact) mass is 205 g/mol. The first-order valence-electron chi connectivity index (χ1n) is 4.93. The zero-order valence-corrected chi connectivity index (χ0v) is 8.37. The second-order valence-corrected chi connectivity index (χ2v) is 3.89. The van der Waals surface area contributed by atoms with E-state index in [0.29, 0.717) is 0 Å². The summed E-state index contributed by atoms with van der Waals surface area (Å²) in [5.74, 6) is 0.665. The fourth-order valence-electron chi connectivity index (χ4n) is 1.85. The summed E-state index contributed by atoms with van der Waals surface area (Å²) in [4.78, 5) is 11.2. The number of hydrogen-bond acceptors (Lipinski definition) is 3. The molecule has 1 amide bonds. The summed E-state index contributed by atoms with van der Waals surface area (Å²) in [6.07, 6.45) is 0.147. The van der Waals surface area contributed by atoms with Crippen LogP contribution in [-0.4, -0.2) is 19.1 Å². The zero-order chi connectivity index (χ0) is 10.4. The van der Waals surface area contributed by atoms with Crippen LogP contribution in [0.15, 0.2) is 12.1 Å². The number of epoxide rings is 1. The van der Waals surface area contributed by atoms with Gasteiger partial charge < -0.3 is 14.8 Å². The Morgan fingerprint density at radius 1 is 1.47 bits per heavy atom. The average molecular weight is 205 g/mol. The molecule has 1 N–H and O–H groups in total. The lowest BCUT2D eigenvalue weighted by atomic mass is 10.1. The number of carbonyl (C=O) groups is 1. The fraction of sp³-hybridized carbons (Fsp3) is 0.364. The van der Waals surface area contributed by atoms with Crippen LogP contribution in [0.4, 0.5) is 5.69 Å². The smallest absolute Gasteiger partial charge is 0.262 e. The van der Waals surface area contributed by atoms with Gasteiger partial charge in [0.2, 0.25) is 0 Å². The number of rotatable bonds is 1. The Balaban J connectivity index is 2.11. The number of amides is 1. The van der Waals surface area contributed by atoms with Gasteiger partial charge in [0.15, 0.2) is 6.61 Å². The van der Waals surface area contributed by atoms with Gasteiger partial charge in [-0.1, -0.05) is 0 Å². The molecular formula is C11H11NO3. The molecule has 15 heavy (non-hydrogen) atoms. The van der Waals surface area contributed by atoms with Crippen LogP contribution in [0.1, 0.15) is 17.2 Å². The topological polar surface area (TPSA) is 50.9 Å². The number of fused-ring (bicyclic) bond motifs is 1. The van der Waals surface area contributed by atoms with E-state index in [4.69, 9.17) is 9.47 Å². The number of carbonyl (C=O) groups excluding carboxylic acids is 1. The summed E-state index contributed by atoms with van der Waals surface area (Å²) in [6.45, 7) is 2.83. The minimum absolute atomic E-state index is 0.0930. The van der Waals surface area contributed by atoms with Crippen molar-refractivity contribution in [3.05, 3.63) is 23.3 Å². The summed E-state index contributed by atoms with van der Waals surface area (Å²) in [7, 11) is 0. The molecule has 0 saturated carbocycles. The molecule has 0 aromatic heterocycles. The molecular weight excluding hydrogens is 194 g/mol. The SMILES string of the molecule is Cc1cc2c(c([C@@H]3CO3)c1)OCC(=O)N2. The third kappa shape index (κ3) is 1.47. The molecule has 0 bridgehead atoms. The molecule has 0 unspecified atom stereocenters. The molecule has 0 spiro atoms. The maximum absolute atomic E-state index is 11.2. The number of hydrogen-bond donors (Lipinski definition) is 1. The van der Waals surface area contributed by atoms with Gasteiger partial charge in [0.1, 0.15) is 11.9 Å². The highest BCUT2D eigenvalue weighted by Gasteiger charge is 2.31. The normalized spacial score (nSPS) is 22.7. The van der Waals surface area contributed by atoms with Crippen LogP contribution in [0, 0.1) is 6.92 Å². The van der Waals surface area contributed by atoms with Gasteiger partial charge in [-0.15, -0.1) is 0 Å². The summed E-state index contributed by atoms with van der Waals surface area (Å²) in [5.41, 5.74) is 2.91. The Bertz CT molecular complexity index is 438. The van der Waals surface area contributed by atoms with Crippen molar-refractivity contribution in [2.24, 2.45) is 0 Å². The Morgan fingerprint density at radius 3 is 3.00 bits per heavy atom. The lowest BCUT2D eigenvalue weighted by Gasteiger charge is -2.20. The molecule has 0 radical (unpaired) electrons. The first kappa shape index (κ1) is 8.73. The van der Waals surface area contributed by atoms with Gasteiger partial charge in [0, 0.05) is 5.56 Å². The molecule has 1 aromatic rings. The van der Waals surface area contributed by atoms with E-state index in [1.165, 1.54) is 0 Å². The van der Waals surface area contributed by atoms with Gasteiger partial charge in [-0.3, -0.25) is 4.79 Å². The Morgan fingerprint density at radius 2 is 2.27 bits per heavy atom. The molecule has 3 rings (SSSR count). The summed E-state index contributed by atoms with van der Waals surface area (Å²) in [6, 6.07) is 3.96. The van der Waals surface area contributed by atoms with Gasteiger partial charge in [0.05, 0.1) is 12.3 Å². The Labute approximate surface area is 87.2 Å². The summed E-state index contributed by atoms with van der Waals surface area (Å²) in [5, 5.41) is 2.80. The van der Waals surface area contributed by atoms with E-state index in [1.807, 2.05) is 19.1 Å². The van der Waals surface area contributed by atoms with Crippen LogP contribution in [0.25, 0.3) is 0 Å². The van der Waals surface area contributed by atoms with E-state index in [1.54, 1.807) is 0 Å². The van der Waals surface area contributed by atoms with Crippen molar-refractivity contribution in [1.82, 2.24) is 0 Å². The van der Waals surface area contributed by atoms with Gasteiger partial charge in [-0.25, -0.2) is 0 Å². The Hall–Kier alpha value is -1.55. The molecule has 4 nitrogen and oxygen atoms in total. The largest absolute Gasteiger partial charge is 0.481 e. The maximum atomic E-state index is 11.2. The first-order chi connectivity index (χ1) is 7.24. The van der Waals surface area contributed by atoms with Crippen molar-refractivity contribution in [2.75, 3.05) is 18.5 Å². The second-order valence-electron chi connectivity index (χ2n) is 3.89. The van der Waals surface area contributed by atoms with Crippen LogP contribution in [0.5, 0.6) is 5.75 Å². The van der Waals surface area contributed by atoms with Crippen molar-refractivity contribution < 1.29 is 14.3 Å². The standard InChI is InChI=1S/C11H11NO3/c1-6-2-7(9-4-14-9)11-8(3-6)12-10(13)5-15-11/h2-3,9H,4-5H2,1H3,(H,12,13)/t9-/m0/s1. The van der Waals surface area contributed by atoms with Crippen molar-refractivity contribution >= 4 is 11.6 Å². The number of nitrogens with one attached hydrogen (secondary N) is 1. The van der Waals surface area contributed by atoms with Gasteiger partial charge >= 0.3 is 0 Å². The molecule has 1 saturated heterocycles. The van der Waals surface area contributed by atoms with Gasteiger partial charge in [-0.2, -0.15) is 0 Å². The highest BCUT2D eigenvalue weighted by atomic mass is 16.6. The second kappa shape index (κ2) is 2.97. The van der Waals surface area contributed by atoms with Gasteiger partial charge in [-0.05, 0) is 24.6 Å². The molecule has 0 aliphatic carbocycles. The van der Waals surface area contributed by atoms with Crippen LogP contribution in [-0.2, 0) is 9.53 Å². The van der Waals surface area contributed by atoms with E-state index in [2.05, 4.69) is 5.32 Å². The van der Waals surface area contributed by atoms with E-state index in [-0.39, 0.29) is 18.6 Å². The number of ether oxygens (including phenoxy) is 2. The highest BCUT2D eigenvalue weighted by molar-refractivity contribution is 5.95. The predicted octanol–water partition coefficient (Wildman–Crippen LogP) is 1.40. The van der Waals surface area contributed by atoms with Crippen molar-refractivity contribution in [2.45, 2.75) is 13.0 Å². The first-order valence-corrected chi connectivity index (χ1v) is 4.93. The number of aryl methyl sites for hydroxylation is 1. The van der Waals surface area contributed by atoms with Crippen LogP contribution in [0.3, 0.4) is 0 Å². The van der Waals surface area contributed by atoms with Crippen LogP contribution < -0.4 is 10.1 Å². The maximum Gasteiger partial charge on any atom is 0.262 e. The highest BCUT2D eigenvalue weighted by Crippen LogP contribution is 2.42. The van der Waals surface area contributed by atoms with E-state index in [0.717, 1.165) is 29.2 Å². The predicted molar refractivity (Wildman–Crippen MR) is 54.0 cm³/mol. The lowest BCUT2D eigenvalue weighted by Crippen LogP contribution is -2.26. The van der Waals surface area contributed by atoms with E-state index >= 15 is 0 Å². The molecule has 4 heteroatoms. The molecule has 1 fully saturated rings. The summed E-state index contributed by atoms with van der Waals surface area (Å²) < 4.78 is 10.7.